The van der Waals surface area contributed by atoms with E-state index < -0.39 is 5.54 Å². The summed E-state index contributed by atoms with van der Waals surface area (Å²) in [5.74, 6) is 2.25. The lowest BCUT2D eigenvalue weighted by Gasteiger charge is -2.28. The van der Waals surface area contributed by atoms with Crippen LogP contribution in [0.15, 0.2) is 30.7 Å². The third kappa shape index (κ3) is 5.93. The first-order chi connectivity index (χ1) is 13.5. The fourth-order valence-electron chi connectivity index (χ4n) is 2.65. The zero-order chi connectivity index (χ0) is 19.8. The van der Waals surface area contributed by atoms with E-state index in [1.54, 1.807) is 30.7 Å². The minimum absolute atomic E-state index is 0.325. The molecule has 0 spiro atoms. The number of aromatic nitrogens is 3. The molecule has 2 aromatic heterocycles. The summed E-state index contributed by atoms with van der Waals surface area (Å²) in [5.41, 5.74) is 5.51. The lowest BCUT2D eigenvalue weighted by Crippen LogP contribution is -2.44. The summed E-state index contributed by atoms with van der Waals surface area (Å²) in [6, 6.07) is 3.60. The van der Waals surface area contributed by atoms with Crippen molar-refractivity contribution in [2.75, 3.05) is 50.9 Å². The van der Waals surface area contributed by atoms with Crippen molar-refractivity contribution in [3.63, 3.8) is 0 Å². The highest BCUT2D eigenvalue weighted by molar-refractivity contribution is 5.48. The Morgan fingerprint density at radius 1 is 1.00 bits per heavy atom. The summed E-state index contributed by atoms with van der Waals surface area (Å²) >= 11 is 0. The number of pyridine rings is 1. The predicted molar refractivity (Wildman–Crippen MR) is 106 cm³/mol. The average Bonchev–Trinajstić information content (AvgIpc) is 2.71. The Morgan fingerprint density at radius 2 is 1.71 bits per heavy atom. The van der Waals surface area contributed by atoms with Crippen molar-refractivity contribution in [3.8, 4) is 17.5 Å². The van der Waals surface area contributed by atoms with Crippen molar-refractivity contribution in [1.29, 1.82) is 0 Å². The van der Waals surface area contributed by atoms with Crippen molar-refractivity contribution in [1.82, 2.24) is 20.3 Å². The molecule has 0 radical (unpaired) electrons. The Morgan fingerprint density at radius 3 is 2.50 bits per heavy atom. The molecular weight excluding hydrogens is 360 g/mol. The molecule has 1 aliphatic rings. The smallest absolute Gasteiger partial charge is 0.257 e. The summed E-state index contributed by atoms with van der Waals surface area (Å²) in [6.07, 6.45) is 4.96. The monoisotopic (exact) mass is 388 g/mol. The van der Waals surface area contributed by atoms with Crippen molar-refractivity contribution in [2.24, 2.45) is 5.73 Å². The normalized spacial score (nSPS) is 14.6. The molecule has 152 valence electrons. The van der Waals surface area contributed by atoms with E-state index in [4.69, 9.17) is 19.9 Å². The molecule has 1 saturated heterocycles. The van der Waals surface area contributed by atoms with Gasteiger partial charge in [0.2, 0.25) is 0 Å². The van der Waals surface area contributed by atoms with Gasteiger partial charge in [0.1, 0.15) is 19.8 Å². The van der Waals surface area contributed by atoms with Gasteiger partial charge < -0.3 is 30.2 Å². The van der Waals surface area contributed by atoms with Crippen LogP contribution in [-0.4, -0.2) is 66.5 Å². The van der Waals surface area contributed by atoms with E-state index >= 15 is 0 Å². The van der Waals surface area contributed by atoms with Crippen molar-refractivity contribution in [2.45, 2.75) is 19.4 Å². The quantitative estimate of drug-likeness (QED) is 0.605. The van der Waals surface area contributed by atoms with Gasteiger partial charge in [0.25, 0.3) is 11.8 Å². The van der Waals surface area contributed by atoms with Crippen LogP contribution in [0.2, 0.25) is 0 Å². The molecule has 1 fully saturated rings. The van der Waals surface area contributed by atoms with Crippen molar-refractivity contribution >= 4 is 5.82 Å². The Labute approximate surface area is 165 Å². The standard InChI is InChI=1S/C19H28N6O3/c1-19(2,20)14-28-17-15(4-3-5-23-17)26-12-13-27-18-16(22-6-7-24-18)25-10-8-21-9-11-25/h3-7,21H,8-14,20H2,1-2H3. The molecule has 0 aliphatic carbocycles. The summed E-state index contributed by atoms with van der Waals surface area (Å²) in [7, 11) is 0. The first-order valence-electron chi connectivity index (χ1n) is 9.42. The summed E-state index contributed by atoms with van der Waals surface area (Å²) in [4.78, 5) is 15.1. The van der Waals surface area contributed by atoms with Gasteiger partial charge in [-0.3, -0.25) is 0 Å². The molecule has 3 rings (SSSR count). The van der Waals surface area contributed by atoms with Crippen LogP contribution in [0.1, 0.15) is 13.8 Å². The highest BCUT2D eigenvalue weighted by Gasteiger charge is 2.18. The van der Waals surface area contributed by atoms with Crippen molar-refractivity contribution < 1.29 is 14.2 Å². The van der Waals surface area contributed by atoms with Gasteiger partial charge >= 0.3 is 0 Å². The number of rotatable bonds is 9. The van der Waals surface area contributed by atoms with E-state index in [0.717, 1.165) is 32.0 Å². The van der Waals surface area contributed by atoms with E-state index in [-0.39, 0.29) is 0 Å². The molecule has 3 heterocycles. The highest BCUT2D eigenvalue weighted by Crippen LogP contribution is 2.25. The minimum Gasteiger partial charge on any atom is -0.484 e. The maximum absolute atomic E-state index is 5.96. The molecule has 0 saturated carbocycles. The topological polar surface area (TPSA) is 108 Å². The van der Waals surface area contributed by atoms with Crippen LogP contribution in [0.5, 0.6) is 17.5 Å². The third-order valence-corrected chi connectivity index (χ3v) is 3.96. The number of piperazine rings is 1. The Bertz CT molecular complexity index is 746. The van der Waals surface area contributed by atoms with Gasteiger partial charge in [-0.1, -0.05) is 0 Å². The summed E-state index contributed by atoms with van der Waals surface area (Å²) in [6.45, 7) is 8.36. The number of ether oxygens (including phenoxy) is 3. The zero-order valence-electron chi connectivity index (χ0n) is 16.4. The van der Waals surface area contributed by atoms with E-state index in [9.17, 15) is 0 Å². The predicted octanol–water partition coefficient (Wildman–Crippen LogP) is 0.855. The van der Waals surface area contributed by atoms with Gasteiger partial charge in [-0.05, 0) is 26.0 Å². The number of anilines is 1. The lowest BCUT2D eigenvalue weighted by molar-refractivity contribution is 0.190. The number of hydrogen-bond acceptors (Lipinski definition) is 9. The lowest BCUT2D eigenvalue weighted by atomic mass is 10.1. The van der Waals surface area contributed by atoms with E-state index in [1.807, 2.05) is 13.8 Å². The van der Waals surface area contributed by atoms with Gasteiger partial charge in [0.15, 0.2) is 11.6 Å². The maximum atomic E-state index is 5.96. The first kappa shape index (κ1) is 20.1. The van der Waals surface area contributed by atoms with E-state index in [1.165, 1.54) is 0 Å². The fraction of sp³-hybridized carbons (Fsp3) is 0.526. The highest BCUT2D eigenvalue weighted by atomic mass is 16.5. The molecule has 0 unspecified atom stereocenters. The SMILES string of the molecule is CC(C)(N)COc1ncccc1OCCOc1nccnc1N1CCNCC1. The second-order valence-corrected chi connectivity index (χ2v) is 7.20. The Balaban J connectivity index is 1.53. The fourth-order valence-corrected chi connectivity index (χ4v) is 2.65. The number of hydrogen-bond donors (Lipinski definition) is 2. The van der Waals surface area contributed by atoms with Gasteiger partial charge in [-0.15, -0.1) is 0 Å². The molecule has 0 atom stereocenters. The van der Waals surface area contributed by atoms with Gasteiger partial charge in [0, 0.05) is 50.3 Å². The summed E-state index contributed by atoms with van der Waals surface area (Å²) in [5, 5.41) is 3.32. The second-order valence-electron chi connectivity index (χ2n) is 7.20. The van der Waals surface area contributed by atoms with Crippen LogP contribution >= 0.6 is 0 Å². The summed E-state index contributed by atoms with van der Waals surface area (Å²) < 4.78 is 17.3. The molecule has 0 aromatic carbocycles. The maximum Gasteiger partial charge on any atom is 0.257 e. The van der Waals surface area contributed by atoms with Gasteiger partial charge in [-0.25, -0.2) is 15.0 Å². The first-order valence-corrected chi connectivity index (χ1v) is 9.42. The van der Waals surface area contributed by atoms with Crippen LogP contribution in [0.4, 0.5) is 5.82 Å². The van der Waals surface area contributed by atoms with Crippen LogP contribution in [0.3, 0.4) is 0 Å². The Hall–Kier alpha value is -2.65. The van der Waals surface area contributed by atoms with Crippen LogP contribution in [0.25, 0.3) is 0 Å². The van der Waals surface area contributed by atoms with E-state index in [0.29, 0.717) is 37.3 Å². The van der Waals surface area contributed by atoms with Crippen LogP contribution in [0, 0.1) is 0 Å². The molecule has 3 N–H and O–H groups in total. The number of nitrogens with one attached hydrogen (secondary N) is 1. The van der Waals surface area contributed by atoms with Crippen LogP contribution < -0.4 is 30.2 Å². The molecule has 2 aromatic rings. The molecular formula is C19H28N6O3. The second kappa shape index (κ2) is 9.52. The number of nitrogens with two attached hydrogens (primary N) is 1. The van der Waals surface area contributed by atoms with Crippen molar-refractivity contribution in [3.05, 3.63) is 30.7 Å². The minimum atomic E-state index is -0.454. The van der Waals surface area contributed by atoms with E-state index in [2.05, 4.69) is 25.2 Å². The molecule has 9 heteroatoms. The zero-order valence-corrected chi connectivity index (χ0v) is 16.4. The third-order valence-electron chi connectivity index (χ3n) is 3.96. The largest absolute Gasteiger partial charge is 0.484 e. The molecule has 1 aliphatic heterocycles. The van der Waals surface area contributed by atoms with Gasteiger partial charge in [0.05, 0.1) is 0 Å². The molecule has 0 amide bonds. The van der Waals surface area contributed by atoms with Crippen LogP contribution in [-0.2, 0) is 0 Å². The molecule has 9 nitrogen and oxygen atoms in total. The average molecular weight is 388 g/mol. The molecule has 28 heavy (non-hydrogen) atoms. The Kier molecular flexibility index (Phi) is 6.83. The number of nitrogens with zero attached hydrogens (tertiary/aromatic N) is 4. The molecule has 0 bridgehead atoms. The van der Waals surface area contributed by atoms with Gasteiger partial charge in [-0.2, -0.15) is 0 Å².